The molecule has 0 aliphatic heterocycles. The maximum absolute atomic E-state index is 9.16. The van der Waals surface area contributed by atoms with E-state index in [1.807, 2.05) is 14.0 Å². The minimum atomic E-state index is -0.0610. The topological polar surface area (TPSA) is 49.2 Å². The van der Waals surface area contributed by atoms with Gasteiger partial charge >= 0.3 is 0 Å². The maximum atomic E-state index is 9.16. The van der Waals surface area contributed by atoms with E-state index < -0.39 is 0 Å². The fourth-order valence-corrected chi connectivity index (χ4v) is 2.26. The lowest BCUT2D eigenvalue weighted by Crippen LogP contribution is -2.33. The van der Waals surface area contributed by atoms with Crippen molar-refractivity contribution in [3.8, 4) is 0 Å². The number of aromatic nitrogens is 2. The van der Waals surface area contributed by atoms with Gasteiger partial charge in [-0.2, -0.15) is 0 Å². The Balaban J connectivity index is 2.46. The predicted octanol–water partition coefficient (Wildman–Crippen LogP) is 1.30. The molecule has 0 saturated heterocycles. The third-order valence-corrected chi connectivity index (χ3v) is 2.92. The molecule has 1 heterocycles. The molecule has 0 spiro atoms. The summed E-state index contributed by atoms with van der Waals surface area (Å²) in [6.45, 7) is 7.91. The molecule has 1 aromatic rings. The highest BCUT2D eigenvalue weighted by molar-refractivity contribution is 7.11. The minimum Gasteiger partial charge on any atom is -0.396 e. The molecule has 0 atom stereocenters. The first kappa shape index (κ1) is 12.5. The van der Waals surface area contributed by atoms with Gasteiger partial charge in [-0.15, -0.1) is 21.5 Å². The van der Waals surface area contributed by atoms with Gasteiger partial charge in [0.2, 0.25) is 0 Å². The first-order chi connectivity index (χ1) is 6.93. The number of aliphatic hydroxyl groups is 1. The minimum absolute atomic E-state index is 0.0610. The first-order valence-electron chi connectivity index (χ1n) is 5.01. The smallest absolute Gasteiger partial charge is 0.131 e. The molecule has 1 aromatic heterocycles. The van der Waals surface area contributed by atoms with Crippen LogP contribution >= 0.6 is 11.3 Å². The molecule has 86 valence electrons. The molecule has 15 heavy (non-hydrogen) atoms. The Bertz CT molecular complexity index is 311. The Hall–Kier alpha value is -0.520. The molecular weight excluding hydrogens is 210 g/mol. The van der Waals surface area contributed by atoms with Crippen molar-refractivity contribution < 1.29 is 5.11 Å². The van der Waals surface area contributed by atoms with E-state index in [1.165, 1.54) is 0 Å². The lowest BCUT2D eigenvalue weighted by atomic mass is 9.94. The van der Waals surface area contributed by atoms with Crippen LogP contribution in [-0.2, 0) is 6.54 Å². The van der Waals surface area contributed by atoms with Crippen molar-refractivity contribution in [2.24, 2.45) is 5.41 Å². The van der Waals surface area contributed by atoms with Crippen molar-refractivity contribution in [1.29, 1.82) is 0 Å². The summed E-state index contributed by atoms with van der Waals surface area (Å²) in [5.41, 5.74) is -0.0610. The van der Waals surface area contributed by atoms with E-state index in [4.69, 9.17) is 5.11 Å². The zero-order valence-corrected chi connectivity index (χ0v) is 10.6. The average Bonchev–Trinajstić information content (AvgIpc) is 2.50. The summed E-state index contributed by atoms with van der Waals surface area (Å²) in [6.07, 6.45) is 0. The van der Waals surface area contributed by atoms with Crippen molar-refractivity contribution in [1.82, 2.24) is 15.1 Å². The van der Waals surface area contributed by atoms with Crippen LogP contribution in [0.5, 0.6) is 0 Å². The zero-order valence-electron chi connectivity index (χ0n) is 9.82. The van der Waals surface area contributed by atoms with Crippen molar-refractivity contribution in [2.75, 3.05) is 20.2 Å². The van der Waals surface area contributed by atoms with Crippen LogP contribution in [0.15, 0.2) is 0 Å². The zero-order chi connectivity index (χ0) is 11.5. The highest BCUT2D eigenvalue weighted by atomic mass is 32.1. The number of hydrogen-bond acceptors (Lipinski definition) is 5. The van der Waals surface area contributed by atoms with Gasteiger partial charge in [0.05, 0.1) is 6.54 Å². The van der Waals surface area contributed by atoms with Gasteiger partial charge in [0, 0.05) is 18.6 Å². The summed E-state index contributed by atoms with van der Waals surface area (Å²) in [4.78, 5) is 2.16. The van der Waals surface area contributed by atoms with Crippen LogP contribution in [0.3, 0.4) is 0 Å². The van der Waals surface area contributed by atoms with E-state index >= 15 is 0 Å². The van der Waals surface area contributed by atoms with Gasteiger partial charge < -0.3 is 5.11 Å². The summed E-state index contributed by atoms with van der Waals surface area (Å²) in [6, 6.07) is 0. The molecule has 0 fully saturated rings. The molecule has 1 N–H and O–H groups in total. The standard InChI is InChI=1S/C10H19N3OS/c1-8-11-12-9(15-8)5-13(4)6-10(2,3)7-14/h14H,5-7H2,1-4H3. The first-order valence-corrected chi connectivity index (χ1v) is 5.83. The second-order valence-corrected chi connectivity index (χ2v) is 5.98. The Morgan fingerprint density at radius 3 is 2.53 bits per heavy atom. The maximum Gasteiger partial charge on any atom is 0.131 e. The van der Waals surface area contributed by atoms with Crippen LogP contribution in [0.2, 0.25) is 0 Å². The highest BCUT2D eigenvalue weighted by Crippen LogP contribution is 2.17. The van der Waals surface area contributed by atoms with Gasteiger partial charge in [-0.1, -0.05) is 13.8 Å². The van der Waals surface area contributed by atoms with Crippen molar-refractivity contribution in [3.63, 3.8) is 0 Å². The second kappa shape index (κ2) is 5.01. The molecule has 4 nitrogen and oxygen atoms in total. The Kier molecular flexibility index (Phi) is 4.19. The number of aliphatic hydroxyl groups excluding tert-OH is 1. The van der Waals surface area contributed by atoms with Gasteiger partial charge in [0.1, 0.15) is 10.0 Å². The van der Waals surface area contributed by atoms with E-state index in [0.29, 0.717) is 0 Å². The Morgan fingerprint density at radius 1 is 1.40 bits per heavy atom. The summed E-state index contributed by atoms with van der Waals surface area (Å²) >= 11 is 1.62. The summed E-state index contributed by atoms with van der Waals surface area (Å²) in [7, 11) is 2.04. The molecule has 0 unspecified atom stereocenters. The summed E-state index contributed by atoms with van der Waals surface area (Å²) in [5, 5.41) is 19.2. The van der Waals surface area contributed by atoms with Gasteiger partial charge in [-0.25, -0.2) is 0 Å². The van der Waals surface area contributed by atoms with Crippen molar-refractivity contribution in [2.45, 2.75) is 27.3 Å². The molecule has 0 radical (unpaired) electrons. The molecule has 5 heteroatoms. The lowest BCUT2D eigenvalue weighted by Gasteiger charge is -2.27. The molecule has 1 rings (SSSR count). The van der Waals surface area contributed by atoms with Crippen LogP contribution in [0, 0.1) is 12.3 Å². The summed E-state index contributed by atoms with van der Waals surface area (Å²) < 4.78 is 0. The monoisotopic (exact) mass is 229 g/mol. The van der Waals surface area contributed by atoms with E-state index in [-0.39, 0.29) is 12.0 Å². The Morgan fingerprint density at radius 2 is 2.07 bits per heavy atom. The molecular formula is C10H19N3OS. The molecule has 0 aromatic carbocycles. The van der Waals surface area contributed by atoms with E-state index in [9.17, 15) is 0 Å². The number of hydrogen-bond donors (Lipinski definition) is 1. The number of rotatable bonds is 5. The van der Waals surface area contributed by atoms with Crippen LogP contribution in [0.1, 0.15) is 23.9 Å². The second-order valence-electron chi connectivity index (χ2n) is 4.71. The molecule has 0 aliphatic carbocycles. The normalized spacial score (nSPS) is 12.4. The third-order valence-electron chi connectivity index (χ3n) is 2.10. The average molecular weight is 229 g/mol. The molecule has 0 amide bonds. The predicted molar refractivity (Wildman–Crippen MR) is 61.8 cm³/mol. The van der Waals surface area contributed by atoms with Crippen LogP contribution in [0.4, 0.5) is 0 Å². The van der Waals surface area contributed by atoms with Gasteiger partial charge in [-0.05, 0) is 14.0 Å². The molecule has 0 aliphatic rings. The van der Waals surface area contributed by atoms with Gasteiger partial charge in [-0.3, -0.25) is 4.90 Å². The lowest BCUT2D eigenvalue weighted by molar-refractivity contribution is 0.112. The largest absolute Gasteiger partial charge is 0.396 e. The number of aryl methyl sites for hydroxylation is 1. The SMILES string of the molecule is Cc1nnc(CN(C)CC(C)(C)CO)s1. The van der Waals surface area contributed by atoms with E-state index in [2.05, 4.69) is 28.9 Å². The Labute approximate surface area is 95.0 Å². The van der Waals surface area contributed by atoms with E-state index in [1.54, 1.807) is 11.3 Å². The van der Waals surface area contributed by atoms with Crippen LogP contribution in [-0.4, -0.2) is 40.4 Å². The summed E-state index contributed by atoms with van der Waals surface area (Å²) in [5.74, 6) is 0. The third kappa shape index (κ3) is 4.24. The van der Waals surface area contributed by atoms with Crippen LogP contribution in [0.25, 0.3) is 0 Å². The fourth-order valence-electron chi connectivity index (χ4n) is 1.47. The quantitative estimate of drug-likeness (QED) is 0.826. The fraction of sp³-hybridized carbons (Fsp3) is 0.800. The highest BCUT2D eigenvalue weighted by Gasteiger charge is 2.19. The van der Waals surface area contributed by atoms with Gasteiger partial charge in [0.15, 0.2) is 0 Å². The van der Waals surface area contributed by atoms with Crippen LogP contribution < -0.4 is 0 Å². The van der Waals surface area contributed by atoms with Crippen molar-refractivity contribution >= 4 is 11.3 Å². The number of nitrogens with zero attached hydrogens (tertiary/aromatic N) is 3. The molecule has 0 bridgehead atoms. The van der Waals surface area contributed by atoms with Gasteiger partial charge in [0.25, 0.3) is 0 Å². The van der Waals surface area contributed by atoms with Crippen molar-refractivity contribution in [3.05, 3.63) is 10.0 Å². The van der Waals surface area contributed by atoms with E-state index in [0.717, 1.165) is 23.1 Å². The molecule has 0 saturated carbocycles.